The van der Waals surface area contributed by atoms with Gasteiger partial charge >= 0.3 is 0 Å². The van der Waals surface area contributed by atoms with Crippen LogP contribution in [0.2, 0.25) is 0 Å². The van der Waals surface area contributed by atoms with E-state index in [-0.39, 0.29) is 6.10 Å². The topological polar surface area (TPSA) is 45.6 Å². The molecule has 0 amide bonds. The summed E-state index contributed by atoms with van der Waals surface area (Å²) in [4.78, 5) is 7.32. The smallest absolute Gasteiger partial charge is 0.128 e. The summed E-state index contributed by atoms with van der Waals surface area (Å²) in [6, 6.07) is 14.6. The minimum Gasteiger partial charge on any atom is -0.380 e. The van der Waals surface area contributed by atoms with Gasteiger partial charge in [0.2, 0.25) is 0 Å². The first-order chi connectivity index (χ1) is 14.6. The second-order valence-corrected chi connectivity index (χ2v) is 9.17. The second-order valence-electron chi connectivity index (χ2n) is 9.17. The van der Waals surface area contributed by atoms with Gasteiger partial charge < -0.3 is 14.7 Å². The number of anilines is 1. The Morgan fingerprint density at radius 3 is 2.73 bits per heavy atom. The van der Waals surface area contributed by atoms with Gasteiger partial charge in [0.15, 0.2) is 0 Å². The lowest BCUT2D eigenvalue weighted by Gasteiger charge is -2.26. The molecule has 1 aromatic carbocycles. The van der Waals surface area contributed by atoms with Crippen molar-refractivity contribution < 1.29 is 9.84 Å². The molecule has 0 radical (unpaired) electrons. The maximum Gasteiger partial charge on any atom is 0.128 e. The highest BCUT2D eigenvalue weighted by Gasteiger charge is 2.49. The lowest BCUT2D eigenvalue weighted by atomic mass is 9.84. The lowest BCUT2D eigenvalue weighted by Crippen LogP contribution is -2.33. The first-order valence-electron chi connectivity index (χ1n) is 11.2. The van der Waals surface area contributed by atoms with Gasteiger partial charge in [-0.15, -0.1) is 0 Å². The van der Waals surface area contributed by atoms with Gasteiger partial charge in [-0.3, -0.25) is 0 Å². The zero-order valence-corrected chi connectivity index (χ0v) is 17.7. The summed E-state index contributed by atoms with van der Waals surface area (Å²) >= 11 is 0. The minimum atomic E-state index is -0.813. The number of hydrogen-bond acceptors (Lipinski definition) is 4. The number of hydrogen-bond donors (Lipinski definition) is 1. The lowest BCUT2D eigenvalue weighted by molar-refractivity contribution is 0.0438. The molecule has 2 aliphatic carbocycles. The van der Waals surface area contributed by atoms with Gasteiger partial charge in [-0.2, -0.15) is 0 Å². The van der Waals surface area contributed by atoms with Crippen molar-refractivity contribution >= 4 is 5.82 Å². The number of methoxy groups -OCH3 is 1. The van der Waals surface area contributed by atoms with E-state index in [4.69, 9.17) is 9.72 Å². The molecule has 0 spiro atoms. The van der Waals surface area contributed by atoms with E-state index in [9.17, 15) is 5.11 Å². The molecule has 1 aliphatic heterocycles. The van der Waals surface area contributed by atoms with Crippen LogP contribution in [-0.4, -0.2) is 42.0 Å². The molecule has 2 heterocycles. The fraction of sp³-hybridized carbons (Fsp3) is 0.500. The number of aromatic nitrogens is 1. The van der Waals surface area contributed by atoms with Gasteiger partial charge in [-0.25, -0.2) is 4.98 Å². The first kappa shape index (κ1) is 19.6. The maximum absolute atomic E-state index is 11.1. The van der Waals surface area contributed by atoms with Crippen molar-refractivity contribution in [3.63, 3.8) is 0 Å². The van der Waals surface area contributed by atoms with Gasteiger partial charge in [-0.05, 0) is 61.6 Å². The van der Waals surface area contributed by atoms with Crippen LogP contribution < -0.4 is 4.90 Å². The number of fused-ring (bicyclic) bond motifs is 2. The van der Waals surface area contributed by atoms with Crippen molar-refractivity contribution in [3.05, 3.63) is 59.3 Å². The van der Waals surface area contributed by atoms with Crippen LogP contribution in [0.4, 0.5) is 5.82 Å². The van der Waals surface area contributed by atoms with Crippen molar-refractivity contribution in [1.82, 2.24) is 4.98 Å². The van der Waals surface area contributed by atoms with Crippen LogP contribution in [0.1, 0.15) is 48.9 Å². The summed E-state index contributed by atoms with van der Waals surface area (Å²) in [6.07, 6.45) is 6.37. The Morgan fingerprint density at radius 1 is 1.17 bits per heavy atom. The van der Waals surface area contributed by atoms with Crippen LogP contribution in [0.25, 0.3) is 0 Å². The largest absolute Gasteiger partial charge is 0.380 e. The molecule has 2 saturated carbocycles. The Hall–Kier alpha value is -2.35. The monoisotopic (exact) mass is 402 g/mol. The quantitative estimate of drug-likeness (QED) is 0.790. The average Bonchev–Trinajstić information content (AvgIpc) is 3.50. The molecule has 156 valence electrons. The maximum atomic E-state index is 11.1. The van der Waals surface area contributed by atoms with E-state index in [1.54, 1.807) is 7.11 Å². The van der Waals surface area contributed by atoms with E-state index in [1.165, 1.54) is 12.0 Å². The molecule has 4 heteroatoms. The highest BCUT2D eigenvalue weighted by molar-refractivity contribution is 5.50. The summed E-state index contributed by atoms with van der Waals surface area (Å²) in [5, 5.41) is 11.1. The molecule has 3 unspecified atom stereocenters. The van der Waals surface area contributed by atoms with Crippen molar-refractivity contribution in [2.75, 3.05) is 25.1 Å². The van der Waals surface area contributed by atoms with Crippen molar-refractivity contribution in [2.24, 2.45) is 11.8 Å². The molecule has 30 heavy (non-hydrogen) atoms. The predicted octanol–water partition coefficient (Wildman–Crippen LogP) is 3.80. The van der Waals surface area contributed by atoms with Crippen LogP contribution in [0, 0.1) is 23.7 Å². The highest BCUT2D eigenvalue weighted by atomic mass is 16.5. The second kappa shape index (κ2) is 8.06. The molecule has 1 N–H and O–H groups in total. The fourth-order valence-electron chi connectivity index (χ4n) is 5.46. The molecule has 2 bridgehead atoms. The normalized spacial score (nSPS) is 29.8. The Bertz CT molecular complexity index is 964. The highest BCUT2D eigenvalue weighted by Crippen LogP contribution is 2.50. The first-order valence-corrected chi connectivity index (χ1v) is 11.2. The molecule has 5 rings (SSSR count). The number of benzene rings is 1. The van der Waals surface area contributed by atoms with Gasteiger partial charge in [-0.1, -0.05) is 42.2 Å². The summed E-state index contributed by atoms with van der Waals surface area (Å²) in [6.45, 7) is 1.84. The predicted molar refractivity (Wildman–Crippen MR) is 118 cm³/mol. The molecule has 3 fully saturated rings. The molecule has 2 aromatic rings. The van der Waals surface area contributed by atoms with Gasteiger partial charge in [0, 0.05) is 32.2 Å². The van der Waals surface area contributed by atoms with Crippen LogP contribution in [0.15, 0.2) is 42.5 Å². The number of rotatable bonds is 4. The van der Waals surface area contributed by atoms with E-state index >= 15 is 0 Å². The standard InChI is InChI=1S/C26H30N2O2/c1-30-23-12-14-28(18-23)25-10-8-21(24(27-25)16-19-5-3-2-4-6-19)11-13-26(29)17-20-7-9-22(26)15-20/h2-6,8,10,20,22-23,29H,7,9,12,14-18H2,1H3/t20?,22?,23-,26?/m0/s1. The molecule has 1 saturated heterocycles. The third kappa shape index (κ3) is 3.85. The van der Waals surface area contributed by atoms with E-state index in [0.29, 0.717) is 11.8 Å². The van der Waals surface area contributed by atoms with Crippen LogP contribution in [0.3, 0.4) is 0 Å². The zero-order valence-electron chi connectivity index (χ0n) is 17.7. The SMILES string of the molecule is CO[C@H]1CCN(c2ccc(C#CC3(O)CC4CCC3C4)c(Cc3ccccc3)n2)C1. The molecule has 4 atom stereocenters. The third-order valence-corrected chi connectivity index (χ3v) is 7.21. The molecular formula is C26H30N2O2. The average molecular weight is 403 g/mol. The number of nitrogens with zero attached hydrogens (tertiary/aromatic N) is 2. The summed E-state index contributed by atoms with van der Waals surface area (Å²) in [7, 11) is 1.78. The molecule has 4 nitrogen and oxygen atoms in total. The minimum absolute atomic E-state index is 0.274. The molecular weight excluding hydrogens is 372 g/mol. The summed E-state index contributed by atoms with van der Waals surface area (Å²) in [5.74, 6) is 8.59. The number of aliphatic hydroxyl groups is 1. The van der Waals surface area contributed by atoms with Gasteiger partial charge in [0.05, 0.1) is 11.8 Å². The zero-order chi connectivity index (χ0) is 20.6. The molecule has 1 aromatic heterocycles. The van der Waals surface area contributed by atoms with Crippen molar-refractivity contribution in [1.29, 1.82) is 0 Å². The Morgan fingerprint density at radius 2 is 2.03 bits per heavy atom. The summed E-state index contributed by atoms with van der Waals surface area (Å²) < 4.78 is 5.52. The third-order valence-electron chi connectivity index (χ3n) is 7.21. The Kier molecular flexibility index (Phi) is 5.26. The van der Waals surface area contributed by atoms with Gasteiger partial charge in [0.1, 0.15) is 11.4 Å². The summed E-state index contributed by atoms with van der Waals surface area (Å²) in [5.41, 5.74) is 2.33. The fourth-order valence-corrected chi connectivity index (χ4v) is 5.46. The molecule has 3 aliphatic rings. The van der Waals surface area contributed by atoms with E-state index in [2.05, 4.69) is 53.1 Å². The van der Waals surface area contributed by atoms with Crippen LogP contribution in [0.5, 0.6) is 0 Å². The number of pyridine rings is 1. The Balaban J connectivity index is 1.45. The van der Waals surface area contributed by atoms with Crippen molar-refractivity contribution in [2.45, 2.75) is 50.2 Å². The van der Waals surface area contributed by atoms with E-state index in [1.807, 2.05) is 6.07 Å². The van der Waals surface area contributed by atoms with E-state index in [0.717, 1.165) is 62.3 Å². The van der Waals surface area contributed by atoms with Gasteiger partial charge in [0.25, 0.3) is 0 Å². The van der Waals surface area contributed by atoms with E-state index < -0.39 is 5.60 Å². The van der Waals surface area contributed by atoms with Crippen LogP contribution in [-0.2, 0) is 11.2 Å². The Labute approximate surface area is 179 Å². The number of ether oxygens (including phenoxy) is 1. The van der Waals surface area contributed by atoms with Crippen LogP contribution >= 0.6 is 0 Å². The van der Waals surface area contributed by atoms with Crippen molar-refractivity contribution in [3.8, 4) is 11.8 Å².